The van der Waals surface area contributed by atoms with Crippen LogP contribution in [0, 0.1) is 5.92 Å². The molecule has 0 aromatic rings. The van der Waals surface area contributed by atoms with E-state index in [1.807, 2.05) is 13.8 Å². The number of carbonyl (C=O) groups excluding carboxylic acids is 1. The maximum Gasteiger partial charge on any atom is 0.237 e. The Hall–Kier alpha value is -0.570. The summed E-state index contributed by atoms with van der Waals surface area (Å²) in [6.45, 7) is 4.03. The molecule has 2 rings (SSSR count). The fraction of sp³-hybridized carbons (Fsp3) is 0.917. The number of rotatable bonds is 2. The van der Waals surface area contributed by atoms with Gasteiger partial charge >= 0.3 is 0 Å². The molecule has 1 aliphatic heterocycles. The standard InChI is InChI=1S/C12H22N2O/c1-8(2)13-12(15)11-7-9-5-3-4-6-10(9)14-11/h8-11,14H,3-7H2,1-2H3,(H,13,15). The van der Waals surface area contributed by atoms with E-state index in [1.165, 1.54) is 25.7 Å². The van der Waals surface area contributed by atoms with Gasteiger partial charge in [-0.3, -0.25) is 4.79 Å². The molecular weight excluding hydrogens is 188 g/mol. The monoisotopic (exact) mass is 210 g/mol. The number of hydrogen-bond donors (Lipinski definition) is 2. The molecule has 3 atom stereocenters. The van der Waals surface area contributed by atoms with Crippen molar-refractivity contribution >= 4 is 5.91 Å². The van der Waals surface area contributed by atoms with Gasteiger partial charge in [-0.1, -0.05) is 12.8 Å². The van der Waals surface area contributed by atoms with Gasteiger partial charge in [0.1, 0.15) is 0 Å². The fourth-order valence-corrected chi connectivity index (χ4v) is 2.91. The largest absolute Gasteiger partial charge is 0.353 e. The molecule has 0 aromatic heterocycles. The third kappa shape index (κ3) is 2.51. The van der Waals surface area contributed by atoms with E-state index < -0.39 is 0 Å². The van der Waals surface area contributed by atoms with Gasteiger partial charge in [0.15, 0.2) is 0 Å². The van der Waals surface area contributed by atoms with E-state index in [4.69, 9.17) is 0 Å². The molecular formula is C12H22N2O. The number of carbonyl (C=O) groups is 1. The number of fused-ring (bicyclic) bond motifs is 1. The van der Waals surface area contributed by atoms with Gasteiger partial charge in [-0.05, 0) is 39.0 Å². The van der Waals surface area contributed by atoms with Crippen molar-refractivity contribution in [1.82, 2.24) is 10.6 Å². The van der Waals surface area contributed by atoms with Crippen LogP contribution in [0.4, 0.5) is 0 Å². The lowest BCUT2D eigenvalue weighted by atomic mass is 9.85. The van der Waals surface area contributed by atoms with Crippen LogP contribution in [-0.2, 0) is 4.79 Å². The smallest absolute Gasteiger partial charge is 0.237 e. The molecule has 3 nitrogen and oxygen atoms in total. The minimum absolute atomic E-state index is 0.0699. The van der Waals surface area contributed by atoms with E-state index in [2.05, 4.69) is 10.6 Å². The Balaban J connectivity index is 1.88. The Morgan fingerprint density at radius 2 is 2.07 bits per heavy atom. The van der Waals surface area contributed by atoms with E-state index in [0.29, 0.717) is 6.04 Å². The van der Waals surface area contributed by atoms with E-state index in [0.717, 1.165) is 12.3 Å². The highest BCUT2D eigenvalue weighted by Crippen LogP contribution is 2.33. The number of amides is 1. The first kappa shape index (κ1) is 10.9. The lowest BCUT2D eigenvalue weighted by Gasteiger charge is -2.24. The predicted molar refractivity (Wildman–Crippen MR) is 60.6 cm³/mol. The van der Waals surface area contributed by atoms with Gasteiger partial charge in [-0.2, -0.15) is 0 Å². The minimum atomic E-state index is 0.0699. The second-order valence-corrected chi connectivity index (χ2v) is 5.27. The Morgan fingerprint density at radius 1 is 1.33 bits per heavy atom. The summed E-state index contributed by atoms with van der Waals surface area (Å²) in [5.41, 5.74) is 0. The predicted octanol–water partition coefficient (Wildman–Crippen LogP) is 1.43. The summed E-state index contributed by atoms with van der Waals surface area (Å²) >= 11 is 0. The summed E-state index contributed by atoms with van der Waals surface area (Å²) in [4.78, 5) is 11.8. The highest BCUT2D eigenvalue weighted by molar-refractivity contribution is 5.82. The zero-order valence-electron chi connectivity index (χ0n) is 9.75. The highest BCUT2D eigenvalue weighted by Gasteiger charge is 2.38. The first-order valence-corrected chi connectivity index (χ1v) is 6.23. The maximum absolute atomic E-state index is 11.8. The van der Waals surface area contributed by atoms with E-state index >= 15 is 0 Å². The second-order valence-electron chi connectivity index (χ2n) is 5.27. The Kier molecular flexibility index (Phi) is 3.29. The van der Waals surface area contributed by atoms with Crippen LogP contribution < -0.4 is 10.6 Å². The van der Waals surface area contributed by atoms with Crippen LogP contribution in [-0.4, -0.2) is 24.0 Å². The van der Waals surface area contributed by atoms with E-state index in [1.54, 1.807) is 0 Å². The lowest BCUT2D eigenvalue weighted by Crippen LogP contribution is -2.45. The molecule has 1 saturated heterocycles. The van der Waals surface area contributed by atoms with Crippen molar-refractivity contribution in [2.24, 2.45) is 5.92 Å². The van der Waals surface area contributed by atoms with Crippen LogP contribution in [0.15, 0.2) is 0 Å². The van der Waals surface area contributed by atoms with Crippen LogP contribution in [0.2, 0.25) is 0 Å². The zero-order valence-corrected chi connectivity index (χ0v) is 9.75. The summed E-state index contributed by atoms with van der Waals surface area (Å²) in [7, 11) is 0. The van der Waals surface area contributed by atoms with Crippen molar-refractivity contribution in [1.29, 1.82) is 0 Å². The molecule has 1 aliphatic carbocycles. The van der Waals surface area contributed by atoms with Crippen LogP contribution in [0.1, 0.15) is 46.0 Å². The topological polar surface area (TPSA) is 41.1 Å². The summed E-state index contributed by atoms with van der Waals surface area (Å²) in [6, 6.07) is 0.934. The molecule has 3 heteroatoms. The van der Waals surface area contributed by atoms with Crippen molar-refractivity contribution in [3.05, 3.63) is 0 Å². The van der Waals surface area contributed by atoms with Crippen LogP contribution in [0.3, 0.4) is 0 Å². The Bertz CT molecular complexity index is 226. The molecule has 1 heterocycles. The van der Waals surface area contributed by atoms with Crippen LogP contribution in [0.5, 0.6) is 0 Å². The molecule has 0 aromatic carbocycles. The molecule has 3 unspecified atom stereocenters. The summed E-state index contributed by atoms with van der Waals surface area (Å²) < 4.78 is 0. The van der Waals surface area contributed by atoms with Crippen molar-refractivity contribution < 1.29 is 4.79 Å². The SMILES string of the molecule is CC(C)NC(=O)C1CC2CCCCC2N1. The Morgan fingerprint density at radius 3 is 2.73 bits per heavy atom. The second kappa shape index (κ2) is 4.52. The van der Waals surface area contributed by atoms with Gasteiger partial charge in [0.25, 0.3) is 0 Å². The Labute approximate surface area is 92.0 Å². The van der Waals surface area contributed by atoms with Crippen molar-refractivity contribution in [3.8, 4) is 0 Å². The fourth-order valence-electron chi connectivity index (χ4n) is 2.91. The molecule has 2 N–H and O–H groups in total. The lowest BCUT2D eigenvalue weighted by molar-refractivity contribution is -0.123. The number of nitrogens with one attached hydrogen (secondary N) is 2. The molecule has 86 valence electrons. The van der Waals surface area contributed by atoms with Crippen LogP contribution >= 0.6 is 0 Å². The van der Waals surface area contributed by atoms with Gasteiger partial charge in [-0.15, -0.1) is 0 Å². The highest BCUT2D eigenvalue weighted by atomic mass is 16.2. The summed E-state index contributed by atoms with van der Waals surface area (Å²) in [6.07, 6.45) is 6.29. The quantitative estimate of drug-likeness (QED) is 0.724. The summed E-state index contributed by atoms with van der Waals surface area (Å²) in [5, 5.41) is 6.48. The molecule has 1 saturated carbocycles. The van der Waals surface area contributed by atoms with Gasteiger partial charge in [0.05, 0.1) is 6.04 Å². The maximum atomic E-state index is 11.8. The van der Waals surface area contributed by atoms with Crippen molar-refractivity contribution in [2.75, 3.05) is 0 Å². The average Bonchev–Trinajstić information content (AvgIpc) is 2.59. The molecule has 0 spiro atoms. The van der Waals surface area contributed by atoms with Gasteiger partial charge in [0.2, 0.25) is 5.91 Å². The van der Waals surface area contributed by atoms with Gasteiger partial charge < -0.3 is 10.6 Å². The third-order valence-electron chi connectivity index (χ3n) is 3.61. The normalized spacial score (nSPS) is 35.3. The first-order chi connectivity index (χ1) is 7.16. The van der Waals surface area contributed by atoms with Gasteiger partial charge in [-0.25, -0.2) is 0 Å². The summed E-state index contributed by atoms with van der Waals surface area (Å²) in [5.74, 6) is 0.945. The van der Waals surface area contributed by atoms with Crippen molar-refractivity contribution in [2.45, 2.75) is 64.1 Å². The zero-order chi connectivity index (χ0) is 10.8. The third-order valence-corrected chi connectivity index (χ3v) is 3.61. The molecule has 15 heavy (non-hydrogen) atoms. The minimum Gasteiger partial charge on any atom is -0.353 e. The average molecular weight is 210 g/mol. The molecule has 0 bridgehead atoms. The van der Waals surface area contributed by atoms with Crippen molar-refractivity contribution in [3.63, 3.8) is 0 Å². The molecule has 2 fully saturated rings. The van der Waals surface area contributed by atoms with Crippen LogP contribution in [0.25, 0.3) is 0 Å². The van der Waals surface area contributed by atoms with E-state index in [-0.39, 0.29) is 18.0 Å². The van der Waals surface area contributed by atoms with E-state index in [9.17, 15) is 4.79 Å². The first-order valence-electron chi connectivity index (χ1n) is 6.23. The number of hydrogen-bond acceptors (Lipinski definition) is 2. The molecule has 1 amide bonds. The van der Waals surface area contributed by atoms with Gasteiger partial charge in [0, 0.05) is 12.1 Å². The molecule has 0 radical (unpaired) electrons. The molecule has 2 aliphatic rings.